The summed E-state index contributed by atoms with van der Waals surface area (Å²) in [5.74, 6) is -0.187. The van der Waals surface area contributed by atoms with Gasteiger partial charge in [0.05, 0.1) is 0 Å². The predicted molar refractivity (Wildman–Crippen MR) is 69.7 cm³/mol. The number of aromatic nitrogens is 2. The van der Waals surface area contributed by atoms with Crippen molar-refractivity contribution in [3.8, 4) is 0 Å². The second kappa shape index (κ2) is 5.78. The number of hydrogen-bond acceptors (Lipinski definition) is 2. The molecule has 0 aliphatic heterocycles. The van der Waals surface area contributed by atoms with Gasteiger partial charge in [0, 0.05) is 37.9 Å². The fourth-order valence-corrected chi connectivity index (χ4v) is 1.96. The molecule has 2 aromatic rings. The lowest BCUT2D eigenvalue weighted by atomic mass is 10.1. The minimum Gasteiger partial charge on any atom is -0.310 e. The summed E-state index contributed by atoms with van der Waals surface area (Å²) in [6, 6.07) is 8.87. The maximum atomic E-state index is 13.1. The molecule has 18 heavy (non-hydrogen) atoms. The van der Waals surface area contributed by atoms with Crippen LogP contribution in [-0.4, -0.2) is 16.3 Å². The smallest absolute Gasteiger partial charge is 0.123 e. The Kier molecular flexibility index (Phi) is 4.10. The first kappa shape index (κ1) is 12.8. The van der Waals surface area contributed by atoms with Gasteiger partial charge in [-0.1, -0.05) is 12.1 Å². The summed E-state index contributed by atoms with van der Waals surface area (Å²) in [5, 5.41) is 7.51. The van der Waals surface area contributed by atoms with E-state index in [0.717, 1.165) is 18.5 Å². The van der Waals surface area contributed by atoms with Gasteiger partial charge >= 0.3 is 0 Å². The minimum absolute atomic E-state index is 0.147. The Bertz CT molecular complexity index is 507. The van der Waals surface area contributed by atoms with Crippen LogP contribution in [0.15, 0.2) is 36.5 Å². The van der Waals surface area contributed by atoms with Crippen LogP contribution in [0.5, 0.6) is 0 Å². The van der Waals surface area contributed by atoms with Gasteiger partial charge in [0.15, 0.2) is 0 Å². The first-order valence-electron chi connectivity index (χ1n) is 6.12. The van der Waals surface area contributed by atoms with E-state index >= 15 is 0 Å². The number of hydrogen-bond donors (Lipinski definition) is 1. The van der Waals surface area contributed by atoms with Crippen molar-refractivity contribution in [3.05, 3.63) is 53.6 Å². The Morgan fingerprint density at radius 2 is 2.22 bits per heavy atom. The van der Waals surface area contributed by atoms with Gasteiger partial charge in [0.25, 0.3) is 0 Å². The van der Waals surface area contributed by atoms with E-state index in [9.17, 15) is 4.39 Å². The molecule has 0 aliphatic carbocycles. The number of halogens is 1. The van der Waals surface area contributed by atoms with Crippen LogP contribution in [0.1, 0.15) is 24.2 Å². The quantitative estimate of drug-likeness (QED) is 0.879. The van der Waals surface area contributed by atoms with Crippen molar-refractivity contribution in [1.29, 1.82) is 0 Å². The van der Waals surface area contributed by atoms with Crippen LogP contribution in [-0.2, 0) is 13.5 Å². The fourth-order valence-electron chi connectivity index (χ4n) is 1.96. The SMILES string of the molecule is C[C@@H](NCCc1ccnn1C)c1cccc(F)c1. The summed E-state index contributed by atoms with van der Waals surface area (Å²) in [4.78, 5) is 0. The van der Waals surface area contributed by atoms with Gasteiger partial charge in [0.1, 0.15) is 5.82 Å². The van der Waals surface area contributed by atoms with Crippen LogP contribution in [0.4, 0.5) is 4.39 Å². The number of aryl methyl sites for hydroxylation is 1. The molecule has 1 atom stereocenters. The monoisotopic (exact) mass is 247 g/mol. The maximum absolute atomic E-state index is 13.1. The van der Waals surface area contributed by atoms with Crippen molar-refractivity contribution >= 4 is 0 Å². The molecule has 0 spiro atoms. The zero-order chi connectivity index (χ0) is 13.0. The molecule has 4 heteroatoms. The summed E-state index contributed by atoms with van der Waals surface area (Å²) in [6.45, 7) is 2.88. The lowest BCUT2D eigenvalue weighted by Gasteiger charge is -2.14. The molecule has 1 heterocycles. The zero-order valence-electron chi connectivity index (χ0n) is 10.7. The third kappa shape index (κ3) is 3.17. The summed E-state index contributed by atoms with van der Waals surface area (Å²) in [7, 11) is 1.94. The van der Waals surface area contributed by atoms with E-state index in [0.29, 0.717) is 0 Å². The number of benzene rings is 1. The number of nitrogens with zero attached hydrogens (tertiary/aromatic N) is 2. The molecule has 0 saturated heterocycles. The molecule has 0 unspecified atom stereocenters. The number of nitrogens with one attached hydrogen (secondary N) is 1. The van der Waals surface area contributed by atoms with E-state index in [1.54, 1.807) is 18.3 Å². The normalized spacial score (nSPS) is 12.6. The molecule has 1 N–H and O–H groups in total. The highest BCUT2D eigenvalue weighted by atomic mass is 19.1. The van der Waals surface area contributed by atoms with E-state index in [-0.39, 0.29) is 11.9 Å². The van der Waals surface area contributed by atoms with E-state index in [2.05, 4.69) is 10.4 Å². The largest absolute Gasteiger partial charge is 0.310 e. The van der Waals surface area contributed by atoms with Gasteiger partial charge in [-0.25, -0.2) is 4.39 Å². The van der Waals surface area contributed by atoms with E-state index in [1.165, 1.54) is 11.8 Å². The highest BCUT2D eigenvalue weighted by molar-refractivity contribution is 5.19. The third-order valence-corrected chi connectivity index (χ3v) is 3.10. The molecule has 0 bridgehead atoms. The molecule has 0 radical (unpaired) electrons. The van der Waals surface area contributed by atoms with E-state index in [4.69, 9.17) is 0 Å². The van der Waals surface area contributed by atoms with Gasteiger partial charge in [-0.2, -0.15) is 5.10 Å². The Hall–Kier alpha value is -1.68. The lowest BCUT2D eigenvalue weighted by Crippen LogP contribution is -2.22. The Morgan fingerprint density at radius 3 is 2.89 bits per heavy atom. The van der Waals surface area contributed by atoms with Crippen LogP contribution < -0.4 is 5.32 Å². The molecule has 3 nitrogen and oxygen atoms in total. The van der Waals surface area contributed by atoms with Crippen molar-refractivity contribution in [1.82, 2.24) is 15.1 Å². The minimum atomic E-state index is -0.187. The van der Waals surface area contributed by atoms with Gasteiger partial charge in [-0.15, -0.1) is 0 Å². The van der Waals surface area contributed by atoms with E-state index in [1.807, 2.05) is 30.8 Å². The maximum Gasteiger partial charge on any atom is 0.123 e. The molecule has 2 rings (SSSR count). The Morgan fingerprint density at radius 1 is 1.39 bits per heavy atom. The topological polar surface area (TPSA) is 29.9 Å². The summed E-state index contributed by atoms with van der Waals surface area (Å²) >= 11 is 0. The van der Waals surface area contributed by atoms with Crippen LogP contribution >= 0.6 is 0 Å². The van der Waals surface area contributed by atoms with Gasteiger partial charge in [-0.05, 0) is 30.7 Å². The van der Waals surface area contributed by atoms with Crippen LogP contribution in [0.25, 0.3) is 0 Å². The van der Waals surface area contributed by atoms with Crippen LogP contribution in [0.3, 0.4) is 0 Å². The summed E-state index contributed by atoms with van der Waals surface area (Å²) in [5.41, 5.74) is 2.16. The number of rotatable bonds is 5. The first-order chi connectivity index (χ1) is 8.66. The van der Waals surface area contributed by atoms with Crippen molar-refractivity contribution < 1.29 is 4.39 Å². The Labute approximate surface area is 107 Å². The van der Waals surface area contributed by atoms with Crippen molar-refractivity contribution in [2.24, 2.45) is 7.05 Å². The van der Waals surface area contributed by atoms with E-state index < -0.39 is 0 Å². The molecule has 0 amide bonds. The van der Waals surface area contributed by atoms with Crippen LogP contribution in [0, 0.1) is 5.82 Å². The summed E-state index contributed by atoms with van der Waals surface area (Å²) in [6.07, 6.45) is 2.71. The van der Waals surface area contributed by atoms with Crippen molar-refractivity contribution in [2.75, 3.05) is 6.54 Å². The second-order valence-corrected chi connectivity index (χ2v) is 4.43. The second-order valence-electron chi connectivity index (χ2n) is 4.43. The molecule has 1 aromatic carbocycles. The van der Waals surface area contributed by atoms with Crippen molar-refractivity contribution in [3.63, 3.8) is 0 Å². The predicted octanol–water partition coefficient (Wildman–Crippen LogP) is 2.45. The van der Waals surface area contributed by atoms with Gasteiger partial charge in [-0.3, -0.25) is 4.68 Å². The van der Waals surface area contributed by atoms with Crippen LogP contribution in [0.2, 0.25) is 0 Å². The molecule has 0 saturated carbocycles. The fraction of sp³-hybridized carbons (Fsp3) is 0.357. The molecular formula is C14H18FN3. The summed E-state index contributed by atoms with van der Waals surface area (Å²) < 4.78 is 15.0. The third-order valence-electron chi connectivity index (χ3n) is 3.10. The molecule has 0 aliphatic rings. The van der Waals surface area contributed by atoms with Crippen molar-refractivity contribution in [2.45, 2.75) is 19.4 Å². The van der Waals surface area contributed by atoms with Gasteiger partial charge < -0.3 is 5.32 Å². The average molecular weight is 247 g/mol. The van der Waals surface area contributed by atoms with Gasteiger partial charge in [0.2, 0.25) is 0 Å². The highest BCUT2D eigenvalue weighted by Crippen LogP contribution is 2.13. The highest BCUT2D eigenvalue weighted by Gasteiger charge is 2.06. The molecular weight excluding hydrogens is 229 g/mol. The zero-order valence-corrected chi connectivity index (χ0v) is 10.7. The first-order valence-corrected chi connectivity index (χ1v) is 6.12. The molecule has 0 fully saturated rings. The Balaban J connectivity index is 1.85. The standard InChI is InChI=1S/C14H18FN3/c1-11(12-4-3-5-13(15)10-12)16-8-6-14-7-9-17-18(14)2/h3-5,7,9-11,16H,6,8H2,1-2H3/t11-/m1/s1. The molecule has 96 valence electrons. The molecule has 1 aromatic heterocycles. The average Bonchev–Trinajstić information content (AvgIpc) is 2.75. The lowest BCUT2D eigenvalue weighted by molar-refractivity contribution is 0.557.